The fourth-order valence-corrected chi connectivity index (χ4v) is 4.46. The highest BCUT2D eigenvalue weighted by molar-refractivity contribution is 14.1. The lowest BCUT2D eigenvalue weighted by atomic mass is 9.88. The van der Waals surface area contributed by atoms with Crippen molar-refractivity contribution in [1.82, 2.24) is 0 Å². The van der Waals surface area contributed by atoms with Crippen molar-refractivity contribution < 1.29 is 4.43 Å². The quantitative estimate of drug-likeness (QED) is 0.358. The van der Waals surface area contributed by atoms with E-state index < -0.39 is 8.32 Å². The lowest BCUT2D eigenvalue weighted by Gasteiger charge is -2.42. The highest BCUT2D eigenvalue weighted by atomic mass is 127. The van der Waals surface area contributed by atoms with Crippen LogP contribution >= 0.6 is 22.6 Å². The van der Waals surface area contributed by atoms with Gasteiger partial charge in [-0.15, -0.1) is 0 Å². The molecular weight excluding hydrogens is 399 g/mol. The molecule has 0 saturated heterocycles. The third-order valence-corrected chi connectivity index (χ3v) is 9.84. The summed E-state index contributed by atoms with van der Waals surface area (Å²) >= 11 is 2.30. The summed E-state index contributed by atoms with van der Waals surface area (Å²) in [5, 5.41) is 0.232. The van der Waals surface area contributed by atoms with Crippen molar-refractivity contribution in [3.63, 3.8) is 0 Å². The van der Waals surface area contributed by atoms with E-state index >= 15 is 0 Å². The Labute approximate surface area is 151 Å². The lowest BCUT2D eigenvalue weighted by Crippen LogP contribution is -2.46. The zero-order valence-electron chi connectivity index (χ0n) is 15.1. The molecule has 22 heavy (non-hydrogen) atoms. The van der Waals surface area contributed by atoms with Gasteiger partial charge < -0.3 is 4.43 Å². The van der Waals surface area contributed by atoms with Crippen LogP contribution in [0.1, 0.15) is 46.1 Å². The van der Waals surface area contributed by atoms with Crippen LogP contribution in [-0.2, 0) is 4.43 Å². The average molecular weight is 430 g/mol. The topological polar surface area (TPSA) is 9.23 Å². The molecule has 1 aromatic carbocycles. The minimum atomic E-state index is -1.79. The first-order chi connectivity index (χ1) is 10.1. The zero-order chi connectivity index (χ0) is 17.0. The normalized spacial score (nSPS) is 17.5. The monoisotopic (exact) mass is 430 g/mol. The van der Waals surface area contributed by atoms with Gasteiger partial charge in [0.25, 0.3) is 0 Å². The Morgan fingerprint density at radius 2 is 1.64 bits per heavy atom. The Bertz CT molecular complexity index is 476. The summed E-state index contributed by atoms with van der Waals surface area (Å²) in [6, 6.07) is 10.7. The van der Waals surface area contributed by atoms with Crippen LogP contribution in [-0.4, -0.2) is 14.4 Å². The first-order valence-corrected chi connectivity index (χ1v) is 12.2. The molecule has 0 aliphatic carbocycles. The first-order valence-electron chi connectivity index (χ1n) is 8.10. The molecule has 1 nitrogen and oxygen atoms in total. The Balaban J connectivity index is 3.09. The van der Waals surface area contributed by atoms with Crippen LogP contribution in [0.15, 0.2) is 40.5 Å². The van der Waals surface area contributed by atoms with E-state index in [1.165, 1.54) is 5.56 Å². The van der Waals surface area contributed by atoms with Crippen molar-refractivity contribution in [3.05, 3.63) is 46.1 Å². The van der Waals surface area contributed by atoms with Gasteiger partial charge in [-0.2, -0.15) is 0 Å². The molecule has 0 aromatic heterocycles. The molecule has 0 aliphatic heterocycles. The Morgan fingerprint density at radius 3 is 2.09 bits per heavy atom. The van der Waals surface area contributed by atoms with Crippen LogP contribution in [0.4, 0.5) is 0 Å². The van der Waals surface area contributed by atoms with E-state index in [0.717, 1.165) is 0 Å². The van der Waals surface area contributed by atoms with Gasteiger partial charge in [-0.25, -0.2) is 0 Å². The van der Waals surface area contributed by atoms with E-state index in [1.807, 2.05) is 0 Å². The second-order valence-electron chi connectivity index (χ2n) is 7.72. The predicted molar refractivity (Wildman–Crippen MR) is 109 cm³/mol. The molecular formula is C19H31IOSi. The minimum Gasteiger partial charge on any atom is -0.413 e. The Morgan fingerprint density at radius 1 is 1.09 bits per heavy atom. The highest BCUT2D eigenvalue weighted by Gasteiger charge is 2.41. The molecule has 0 N–H and O–H groups in total. The molecule has 3 atom stereocenters. The van der Waals surface area contributed by atoms with Gasteiger partial charge in [0.2, 0.25) is 0 Å². The van der Waals surface area contributed by atoms with Crippen LogP contribution in [0.5, 0.6) is 0 Å². The van der Waals surface area contributed by atoms with Gasteiger partial charge in [-0.3, -0.25) is 0 Å². The second kappa shape index (κ2) is 8.11. The highest BCUT2D eigenvalue weighted by Crippen LogP contribution is 2.40. The van der Waals surface area contributed by atoms with Gasteiger partial charge in [0.05, 0.1) is 6.10 Å². The van der Waals surface area contributed by atoms with Crippen LogP contribution in [0.2, 0.25) is 18.1 Å². The van der Waals surface area contributed by atoms with E-state index in [2.05, 4.69) is 111 Å². The van der Waals surface area contributed by atoms with Gasteiger partial charge >= 0.3 is 0 Å². The van der Waals surface area contributed by atoms with E-state index in [4.69, 9.17) is 4.43 Å². The van der Waals surface area contributed by atoms with Crippen LogP contribution < -0.4 is 0 Å². The number of hydrogen-bond acceptors (Lipinski definition) is 1. The van der Waals surface area contributed by atoms with Gasteiger partial charge in [0.15, 0.2) is 8.32 Å². The summed E-state index contributed by atoms with van der Waals surface area (Å²) in [5.41, 5.74) is 1.36. The summed E-state index contributed by atoms with van der Waals surface area (Å²) in [5.74, 6) is 0.791. The van der Waals surface area contributed by atoms with E-state index in [-0.39, 0.29) is 11.1 Å². The van der Waals surface area contributed by atoms with Gasteiger partial charge in [0, 0.05) is 11.8 Å². The fraction of sp³-hybridized carbons (Fsp3) is 0.579. The third-order valence-electron chi connectivity index (χ3n) is 4.95. The fourth-order valence-electron chi connectivity index (χ4n) is 2.35. The molecule has 0 heterocycles. The second-order valence-corrected chi connectivity index (χ2v) is 13.2. The molecule has 0 aliphatic rings. The zero-order valence-corrected chi connectivity index (χ0v) is 18.2. The summed E-state index contributed by atoms with van der Waals surface area (Å²) < 4.78 is 8.93. The van der Waals surface area contributed by atoms with E-state index in [9.17, 15) is 0 Å². The average Bonchev–Trinajstić information content (AvgIpc) is 2.44. The third kappa shape index (κ3) is 5.20. The maximum Gasteiger partial charge on any atom is 0.192 e. The van der Waals surface area contributed by atoms with E-state index in [1.54, 1.807) is 0 Å². The first kappa shape index (κ1) is 19.9. The summed E-state index contributed by atoms with van der Waals surface area (Å²) in [4.78, 5) is 0. The van der Waals surface area contributed by atoms with Crippen LogP contribution in [0.25, 0.3) is 0 Å². The summed E-state index contributed by atoms with van der Waals surface area (Å²) in [6.07, 6.45) is 2.48. The Hall–Kier alpha value is -0.133. The molecule has 124 valence electrons. The van der Waals surface area contributed by atoms with Crippen LogP contribution in [0, 0.1) is 5.92 Å². The lowest BCUT2D eigenvalue weighted by molar-refractivity contribution is 0.122. The smallest absolute Gasteiger partial charge is 0.192 e. The number of benzene rings is 1. The molecule has 0 amide bonds. The van der Waals surface area contributed by atoms with Crippen molar-refractivity contribution in [2.45, 2.75) is 64.8 Å². The van der Waals surface area contributed by atoms with Crippen molar-refractivity contribution in [2.75, 3.05) is 0 Å². The molecule has 0 fully saturated rings. The largest absolute Gasteiger partial charge is 0.413 e. The summed E-state index contributed by atoms with van der Waals surface area (Å²) in [7, 11) is -1.79. The standard InChI is InChI=1S/C19H31IOSi/c1-15(13-14-20)18(21-22(6,7)19(3,4)5)16(2)17-11-9-8-10-12-17/h8-16,18H,1-7H3/b14-13-/t15-,16-,18-/m0/s1. The molecule has 1 aromatic rings. The molecule has 0 bridgehead atoms. The molecule has 1 rings (SSSR count). The number of halogens is 1. The van der Waals surface area contributed by atoms with Gasteiger partial charge in [-0.1, -0.05) is 93.6 Å². The maximum atomic E-state index is 6.82. The minimum absolute atomic E-state index is 0.217. The predicted octanol–water partition coefficient (Wildman–Crippen LogP) is 6.77. The van der Waals surface area contributed by atoms with Crippen molar-refractivity contribution in [2.24, 2.45) is 5.92 Å². The molecule has 0 spiro atoms. The molecule has 0 saturated carbocycles. The van der Waals surface area contributed by atoms with Crippen molar-refractivity contribution in [3.8, 4) is 0 Å². The number of rotatable bonds is 6. The molecule has 0 unspecified atom stereocenters. The molecule has 3 heteroatoms. The van der Waals surface area contributed by atoms with Gasteiger partial charge in [-0.05, 0) is 27.8 Å². The van der Waals surface area contributed by atoms with Gasteiger partial charge in [0.1, 0.15) is 0 Å². The number of hydrogen-bond donors (Lipinski definition) is 0. The van der Waals surface area contributed by atoms with E-state index in [0.29, 0.717) is 11.8 Å². The SMILES string of the molecule is C[C@@H](/C=C\I)[C@H](O[Si](C)(C)C(C)(C)C)[C@@H](C)c1ccccc1. The Kier molecular flexibility index (Phi) is 7.34. The van der Waals surface area contributed by atoms with Crippen molar-refractivity contribution in [1.29, 1.82) is 0 Å². The maximum absolute atomic E-state index is 6.82. The van der Waals surface area contributed by atoms with Crippen molar-refractivity contribution >= 4 is 30.9 Å². The summed E-state index contributed by atoms with van der Waals surface area (Å²) in [6.45, 7) is 16.2. The molecule has 0 radical (unpaired) electrons. The van der Waals surface area contributed by atoms with Crippen LogP contribution in [0.3, 0.4) is 0 Å².